The van der Waals surface area contributed by atoms with Crippen LogP contribution >= 0.6 is 0 Å². The van der Waals surface area contributed by atoms with Gasteiger partial charge < -0.3 is 11.1 Å². The van der Waals surface area contributed by atoms with Crippen molar-refractivity contribution in [1.29, 1.82) is 0 Å². The first kappa shape index (κ1) is 15.1. The van der Waals surface area contributed by atoms with Gasteiger partial charge in [0.15, 0.2) is 0 Å². The zero-order valence-electron chi connectivity index (χ0n) is 13.3. The maximum absolute atomic E-state index is 6.01. The third kappa shape index (κ3) is 4.31. The Hall–Kier alpha value is -0.860. The third-order valence-corrected chi connectivity index (χ3v) is 5.39. The largest absolute Gasteiger partial charge is 0.329 e. The highest BCUT2D eigenvalue weighted by molar-refractivity contribution is 5.18. The first-order valence-corrected chi connectivity index (χ1v) is 8.76. The summed E-state index contributed by atoms with van der Waals surface area (Å²) in [5, 5.41) is 3.79. The monoisotopic (exact) mass is 286 g/mol. The van der Waals surface area contributed by atoms with Gasteiger partial charge in [0.05, 0.1) is 0 Å². The molecule has 1 aromatic carbocycles. The minimum Gasteiger partial charge on any atom is -0.329 e. The van der Waals surface area contributed by atoms with E-state index in [9.17, 15) is 0 Å². The van der Waals surface area contributed by atoms with Gasteiger partial charge in [-0.25, -0.2) is 0 Å². The summed E-state index contributed by atoms with van der Waals surface area (Å²) in [5.74, 6) is 3.56. The van der Waals surface area contributed by atoms with Gasteiger partial charge in [-0.15, -0.1) is 0 Å². The van der Waals surface area contributed by atoms with Crippen molar-refractivity contribution in [3.63, 3.8) is 0 Å². The number of hydrogen-bond donors (Lipinski definition) is 2. The van der Waals surface area contributed by atoms with Gasteiger partial charge in [-0.3, -0.25) is 0 Å². The van der Waals surface area contributed by atoms with E-state index in [1.807, 2.05) is 0 Å². The molecule has 0 spiro atoms. The van der Waals surface area contributed by atoms with Crippen LogP contribution in [-0.4, -0.2) is 19.1 Å². The Morgan fingerprint density at radius 3 is 2.24 bits per heavy atom. The Balaban J connectivity index is 1.48. The first-order valence-electron chi connectivity index (χ1n) is 8.76. The van der Waals surface area contributed by atoms with Crippen molar-refractivity contribution in [2.24, 2.45) is 23.5 Å². The second-order valence-electron chi connectivity index (χ2n) is 7.23. The molecule has 3 rings (SSSR count). The Morgan fingerprint density at radius 2 is 1.71 bits per heavy atom. The zero-order chi connectivity index (χ0) is 14.7. The maximum atomic E-state index is 6.01. The van der Waals surface area contributed by atoms with Crippen LogP contribution in [0.3, 0.4) is 0 Å². The number of rotatable bonds is 9. The molecular weight excluding hydrogens is 256 g/mol. The van der Waals surface area contributed by atoms with Crippen molar-refractivity contribution >= 4 is 0 Å². The van der Waals surface area contributed by atoms with Crippen molar-refractivity contribution in [2.75, 3.05) is 13.1 Å². The lowest BCUT2D eigenvalue weighted by molar-refractivity contribution is 0.343. The minimum atomic E-state index is 0.459. The van der Waals surface area contributed by atoms with Crippen LogP contribution in [0.4, 0.5) is 0 Å². The molecule has 2 aliphatic rings. The fraction of sp³-hybridized carbons (Fsp3) is 0.684. The van der Waals surface area contributed by atoms with Gasteiger partial charge >= 0.3 is 0 Å². The highest BCUT2D eigenvalue weighted by Crippen LogP contribution is 2.48. The summed E-state index contributed by atoms with van der Waals surface area (Å²) in [7, 11) is 0. The quantitative estimate of drug-likeness (QED) is 0.729. The van der Waals surface area contributed by atoms with Crippen molar-refractivity contribution in [2.45, 2.75) is 51.0 Å². The molecule has 3 N–H and O–H groups in total. The van der Waals surface area contributed by atoms with Gasteiger partial charge in [-0.2, -0.15) is 0 Å². The fourth-order valence-electron chi connectivity index (χ4n) is 3.68. The van der Waals surface area contributed by atoms with Gasteiger partial charge in [-0.05, 0) is 67.9 Å². The van der Waals surface area contributed by atoms with Crippen molar-refractivity contribution in [1.82, 2.24) is 5.32 Å². The van der Waals surface area contributed by atoms with E-state index in [0.717, 1.165) is 30.7 Å². The number of benzene rings is 1. The van der Waals surface area contributed by atoms with E-state index in [2.05, 4.69) is 42.6 Å². The van der Waals surface area contributed by atoms with Gasteiger partial charge in [-0.1, -0.05) is 37.3 Å². The Labute approximate surface area is 129 Å². The molecule has 2 heteroatoms. The average molecular weight is 286 g/mol. The minimum absolute atomic E-state index is 0.459. The maximum Gasteiger partial charge on any atom is 0.0196 e. The van der Waals surface area contributed by atoms with E-state index < -0.39 is 0 Å². The SMILES string of the molecule is CC(CC(CN)NCC(C1CC1)C1CC1)c1ccccc1. The molecule has 0 heterocycles. The molecule has 0 aromatic heterocycles. The lowest BCUT2D eigenvalue weighted by Gasteiger charge is -2.24. The van der Waals surface area contributed by atoms with E-state index in [1.165, 1.54) is 37.8 Å². The summed E-state index contributed by atoms with van der Waals surface area (Å²) >= 11 is 0. The van der Waals surface area contributed by atoms with Crippen LogP contribution in [0.2, 0.25) is 0 Å². The van der Waals surface area contributed by atoms with Crippen LogP contribution in [-0.2, 0) is 0 Å². The van der Waals surface area contributed by atoms with Gasteiger partial charge in [0.1, 0.15) is 0 Å². The van der Waals surface area contributed by atoms with Crippen LogP contribution in [0.5, 0.6) is 0 Å². The summed E-state index contributed by atoms with van der Waals surface area (Å²) in [6.45, 7) is 4.26. The molecule has 2 atom stereocenters. The fourth-order valence-corrected chi connectivity index (χ4v) is 3.68. The normalized spacial score (nSPS) is 21.5. The van der Waals surface area contributed by atoms with E-state index >= 15 is 0 Å². The zero-order valence-corrected chi connectivity index (χ0v) is 13.3. The van der Waals surface area contributed by atoms with Crippen LogP contribution in [0, 0.1) is 17.8 Å². The smallest absolute Gasteiger partial charge is 0.0196 e. The molecule has 116 valence electrons. The van der Waals surface area contributed by atoms with Crippen LogP contribution < -0.4 is 11.1 Å². The summed E-state index contributed by atoms with van der Waals surface area (Å²) in [6.07, 6.45) is 7.02. The lowest BCUT2D eigenvalue weighted by atomic mass is 9.92. The summed E-state index contributed by atoms with van der Waals surface area (Å²) in [6, 6.07) is 11.3. The van der Waals surface area contributed by atoms with Crippen molar-refractivity contribution in [3.05, 3.63) is 35.9 Å². The molecule has 2 fully saturated rings. The van der Waals surface area contributed by atoms with Gasteiger partial charge in [0.25, 0.3) is 0 Å². The Kier molecular flexibility index (Phi) is 4.97. The van der Waals surface area contributed by atoms with E-state index in [-0.39, 0.29) is 0 Å². The van der Waals surface area contributed by atoms with Gasteiger partial charge in [0, 0.05) is 12.6 Å². The van der Waals surface area contributed by atoms with Crippen LogP contribution in [0.1, 0.15) is 50.5 Å². The number of nitrogens with two attached hydrogens (primary N) is 1. The van der Waals surface area contributed by atoms with Crippen LogP contribution in [0.15, 0.2) is 30.3 Å². The van der Waals surface area contributed by atoms with E-state index in [1.54, 1.807) is 0 Å². The second-order valence-corrected chi connectivity index (χ2v) is 7.23. The predicted octanol–water partition coefficient (Wildman–Crippen LogP) is 3.53. The topological polar surface area (TPSA) is 38.0 Å². The highest BCUT2D eigenvalue weighted by atomic mass is 14.9. The molecule has 2 saturated carbocycles. The molecule has 2 aliphatic carbocycles. The lowest BCUT2D eigenvalue weighted by Crippen LogP contribution is -2.40. The molecule has 0 amide bonds. The molecule has 0 aliphatic heterocycles. The molecule has 21 heavy (non-hydrogen) atoms. The van der Waals surface area contributed by atoms with Crippen LogP contribution in [0.25, 0.3) is 0 Å². The summed E-state index contributed by atoms with van der Waals surface area (Å²) in [5.41, 5.74) is 7.44. The Bertz CT molecular complexity index is 410. The van der Waals surface area contributed by atoms with Crippen molar-refractivity contribution < 1.29 is 0 Å². The number of nitrogens with one attached hydrogen (secondary N) is 1. The molecule has 0 bridgehead atoms. The highest BCUT2D eigenvalue weighted by Gasteiger charge is 2.41. The molecule has 1 aromatic rings. The van der Waals surface area contributed by atoms with E-state index in [4.69, 9.17) is 5.73 Å². The summed E-state index contributed by atoms with van der Waals surface area (Å²) in [4.78, 5) is 0. The van der Waals surface area contributed by atoms with E-state index in [0.29, 0.717) is 12.0 Å². The first-order chi connectivity index (χ1) is 10.3. The third-order valence-electron chi connectivity index (χ3n) is 5.39. The van der Waals surface area contributed by atoms with Gasteiger partial charge in [0.2, 0.25) is 0 Å². The molecular formula is C19H30N2. The average Bonchev–Trinajstić information content (AvgIpc) is 3.39. The molecule has 0 radical (unpaired) electrons. The van der Waals surface area contributed by atoms with Crippen molar-refractivity contribution in [3.8, 4) is 0 Å². The predicted molar refractivity (Wildman–Crippen MR) is 89.3 cm³/mol. The molecule has 0 saturated heterocycles. The Morgan fingerprint density at radius 1 is 1.10 bits per heavy atom. The molecule has 2 unspecified atom stereocenters. The number of hydrogen-bond acceptors (Lipinski definition) is 2. The molecule has 2 nitrogen and oxygen atoms in total. The summed E-state index contributed by atoms with van der Waals surface area (Å²) < 4.78 is 0. The second kappa shape index (κ2) is 6.93. The standard InChI is InChI=1S/C19H30N2/c1-14(15-5-3-2-4-6-15)11-18(12-20)21-13-19(16-7-8-16)17-9-10-17/h2-6,14,16-19,21H,7-13,20H2,1H3.